The molecule has 0 unspecified atom stereocenters. The minimum atomic E-state index is -3.75. The standard InChI is InChI=1S/C17H17NO3S/c1-15-7-9-17(10-8-15)22(20,21)18(13-14-19)12-11-16-5-3-2-4-6-16/h2-10,19H,13-14H2,1H3. The summed E-state index contributed by atoms with van der Waals surface area (Å²) in [6, 6.07) is 18.3. The molecule has 0 radical (unpaired) electrons. The molecule has 0 aliphatic carbocycles. The summed E-state index contributed by atoms with van der Waals surface area (Å²) in [7, 11) is -3.75. The minimum absolute atomic E-state index is 0.0734. The van der Waals surface area contributed by atoms with Crippen LogP contribution in [0.4, 0.5) is 0 Å². The second-order valence-electron chi connectivity index (χ2n) is 4.72. The van der Waals surface area contributed by atoms with Crippen LogP contribution in [0.15, 0.2) is 59.5 Å². The van der Waals surface area contributed by atoms with Crippen LogP contribution in [-0.4, -0.2) is 31.0 Å². The Morgan fingerprint density at radius 3 is 2.27 bits per heavy atom. The lowest BCUT2D eigenvalue weighted by Gasteiger charge is -2.16. The van der Waals surface area contributed by atoms with Gasteiger partial charge in [-0.25, -0.2) is 12.7 Å². The molecule has 2 aromatic rings. The first kappa shape index (κ1) is 16.1. The highest BCUT2D eigenvalue weighted by Gasteiger charge is 2.21. The molecule has 2 aromatic carbocycles. The third-order valence-electron chi connectivity index (χ3n) is 3.01. The highest BCUT2D eigenvalue weighted by molar-refractivity contribution is 7.89. The number of aliphatic hydroxyl groups is 1. The quantitative estimate of drug-likeness (QED) is 0.693. The van der Waals surface area contributed by atoms with Crippen LogP contribution in [0.5, 0.6) is 0 Å². The fourth-order valence-electron chi connectivity index (χ4n) is 1.81. The average Bonchev–Trinajstić information content (AvgIpc) is 2.52. The summed E-state index contributed by atoms with van der Waals surface area (Å²) in [5.41, 5.74) is 1.69. The summed E-state index contributed by atoms with van der Waals surface area (Å²) in [6.45, 7) is 1.52. The Balaban J connectivity index is 2.35. The Morgan fingerprint density at radius 2 is 1.68 bits per heavy atom. The van der Waals surface area contributed by atoms with E-state index in [1.165, 1.54) is 0 Å². The molecule has 114 valence electrons. The lowest BCUT2D eigenvalue weighted by atomic mass is 10.2. The second kappa shape index (κ2) is 7.12. The lowest BCUT2D eigenvalue weighted by Crippen LogP contribution is -2.29. The van der Waals surface area contributed by atoms with Crippen molar-refractivity contribution in [1.29, 1.82) is 0 Å². The second-order valence-corrected chi connectivity index (χ2v) is 6.58. The fraction of sp³-hybridized carbons (Fsp3) is 0.176. The van der Waals surface area contributed by atoms with E-state index in [-0.39, 0.29) is 18.0 Å². The molecule has 2 rings (SSSR count). The van der Waals surface area contributed by atoms with Gasteiger partial charge in [0.25, 0.3) is 10.0 Å². The molecule has 1 N–H and O–H groups in total. The van der Waals surface area contributed by atoms with Gasteiger partial charge in [-0.15, -0.1) is 0 Å². The summed E-state index contributed by atoms with van der Waals surface area (Å²) in [5.74, 6) is 2.80. The van der Waals surface area contributed by atoms with E-state index in [1.54, 1.807) is 36.4 Å². The van der Waals surface area contributed by atoms with Crippen molar-refractivity contribution in [1.82, 2.24) is 4.31 Å². The first-order valence-electron chi connectivity index (χ1n) is 6.81. The van der Waals surface area contributed by atoms with Gasteiger partial charge in [-0.3, -0.25) is 0 Å². The Kier molecular flexibility index (Phi) is 5.21. The van der Waals surface area contributed by atoms with Crippen LogP contribution in [0.2, 0.25) is 0 Å². The third-order valence-corrected chi connectivity index (χ3v) is 4.73. The molecule has 0 fully saturated rings. The normalized spacial score (nSPS) is 10.6. The van der Waals surface area contributed by atoms with Crippen LogP contribution in [0, 0.1) is 18.9 Å². The number of aliphatic hydroxyl groups excluding tert-OH is 1. The Hall–Kier alpha value is -2.29. The van der Waals surface area contributed by atoms with Gasteiger partial charge in [-0.05, 0) is 37.1 Å². The lowest BCUT2D eigenvalue weighted by molar-refractivity contribution is 0.276. The third kappa shape index (κ3) is 3.88. The summed E-state index contributed by atoms with van der Waals surface area (Å²) >= 11 is 0. The molecule has 0 atom stereocenters. The van der Waals surface area contributed by atoms with Crippen LogP contribution in [0.3, 0.4) is 0 Å². The maximum atomic E-state index is 12.6. The largest absolute Gasteiger partial charge is 0.394 e. The number of hydrogen-bond acceptors (Lipinski definition) is 3. The Morgan fingerprint density at radius 1 is 1.05 bits per heavy atom. The summed E-state index contributed by atoms with van der Waals surface area (Å²) in [6.07, 6.45) is 0. The molecule has 0 saturated carbocycles. The molecule has 4 nitrogen and oxygen atoms in total. The summed E-state index contributed by atoms with van der Waals surface area (Å²) in [5, 5.41) is 9.11. The van der Waals surface area contributed by atoms with Crippen molar-refractivity contribution in [3.05, 3.63) is 65.7 Å². The molecular formula is C17H17NO3S. The highest BCUT2D eigenvalue weighted by atomic mass is 32.2. The minimum Gasteiger partial charge on any atom is -0.394 e. The van der Waals surface area contributed by atoms with Crippen molar-refractivity contribution in [3.63, 3.8) is 0 Å². The molecule has 5 heteroatoms. The molecule has 0 amide bonds. The van der Waals surface area contributed by atoms with E-state index < -0.39 is 10.0 Å². The molecular weight excluding hydrogens is 298 g/mol. The van der Waals surface area contributed by atoms with Crippen LogP contribution in [0.1, 0.15) is 11.1 Å². The zero-order valence-corrected chi connectivity index (χ0v) is 13.0. The summed E-state index contributed by atoms with van der Waals surface area (Å²) in [4.78, 5) is 0.161. The van der Waals surface area contributed by atoms with E-state index in [2.05, 4.69) is 12.0 Å². The molecule has 0 aliphatic heterocycles. The van der Waals surface area contributed by atoms with Gasteiger partial charge < -0.3 is 5.11 Å². The zero-order valence-electron chi connectivity index (χ0n) is 12.2. The molecule has 0 aliphatic rings. The SMILES string of the molecule is Cc1ccc(S(=O)(=O)N(C#Cc2ccccc2)CCO)cc1. The van der Waals surface area contributed by atoms with Crippen molar-refractivity contribution in [2.75, 3.05) is 13.2 Å². The topological polar surface area (TPSA) is 57.6 Å². The molecule has 0 heterocycles. The zero-order chi connectivity index (χ0) is 16.0. The predicted molar refractivity (Wildman–Crippen MR) is 85.5 cm³/mol. The highest BCUT2D eigenvalue weighted by Crippen LogP contribution is 2.15. The van der Waals surface area contributed by atoms with E-state index >= 15 is 0 Å². The van der Waals surface area contributed by atoms with Crippen LogP contribution in [0.25, 0.3) is 0 Å². The van der Waals surface area contributed by atoms with Crippen LogP contribution >= 0.6 is 0 Å². The van der Waals surface area contributed by atoms with Crippen molar-refractivity contribution < 1.29 is 13.5 Å². The molecule has 0 saturated heterocycles. The maximum absolute atomic E-state index is 12.6. The van der Waals surface area contributed by atoms with E-state index in [1.807, 2.05) is 25.1 Å². The monoisotopic (exact) mass is 315 g/mol. The Labute approximate surface area is 131 Å². The molecule has 0 aromatic heterocycles. The first-order chi connectivity index (χ1) is 10.5. The number of rotatable bonds is 4. The van der Waals surface area contributed by atoms with Crippen molar-refractivity contribution in [2.24, 2.45) is 0 Å². The molecule has 22 heavy (non-hydrogen) atoms. The number of aryl methyl sites for hydroxylation is 1. The van der Waals surface area contributed by atoms with Gasteiger partial charge in [0.2, 0.25) is 0 Å². The van der Waals surface area contributed by atoms with Gasteiger partial charge in [0, 0.05) is 11.6 Å². The van der Waals surface area contributed by atoms with Crippen molar-refractivity contribution in [3.8, 4) is 12.0 Å². The van der Waals surface area contributed by atoms with Crippen LogP contribution in [-0.2, 0) is 10.0 Å². The van der Waals surface area contributed by atoms with Gasteiger partial charge >= 0.3 is 0 Å². The number of sulfonamides is 1. The fourth-order valence-corrected chi connectivity index (χ4v) is 3.04. The number of benzene rings is 2. The van der Waals surface area contributed by atoms with Gasteiger partial charge in [-0.1, -0.05) is 35.9 Å². The van der Waals surface area contributed by atoms with Gasteiger partial charge in [0.05, 0.1) is 18.0 Å². The molecule has 0 bridgehead atoms. The van der Waals surface area contributed by atoms with E-state index in [4.69, 9.17) is 5.11 Å². The van der Waals surface area contributed by atoms with E-state index in [0.717, 1.165) is 9.87 Å². The average molecular weight is 315 g/mol. The Bertz CT molecular complexity index is 772. The van der Waals surface area contributed by atoms with E-state index in [9.17, 15) is 8.42 Å². The van der Waals surface area contributed by atoms with Gasteiger partial charge in [-0.2, -0.15) is 0 Å². The van der Waals surface area contributed by atoms with Crippen molar-refractivity contribution in [2.45, 2.75) is 11.8 Å². The number of nitrogens with zero attached hydrogens (tertiary/aromatic N) is 1. The summed E-state index contributed by atoms with van der Waals surface area (Å²) < 4.78 is 26.1. The van der Waals surface area contributed by atoms with Crippen LogP contribution < -0.4 is 0 Å². The molecule has 0 spiro atoms. The predicted octanol–water partition coefficient (Wildman–Crippen LogP) is 1.99. The number of hydrogen-bond donors (Lipinski definition) is 1. The van der Waals surface area contributed by atoms with Gasteiger partial charge in [0.1, 0.15) is 0 Å². The van der Waals surface area contributed by atoms with Gasteiger partial charge in [0.15, 0.2) is 0 Å². The van der Waals surface area contributed by atoms with Crippen molar-refractivity contribution >= 4 is 10.0 Å². The smallest absolute Gasteiger partial charge is 0.271 e. The van der Waals surface area contributed by atoms with E-state index in [0.29, 0.717) is 5.56 Å². The first-order valence-corrected chi connectivity index (χ1v) is 8.25. The maximum Gasteiger partial charge on any atom is 0.271 e.